The zero-order valence-electron chi connectivity index (χ0n) is 13.6. The number of hydrogen-bond donors (Lipinski definition) is 2. The number of hydrogen-bond acceptors (Lipinski definition) is 3. The molecule has 3 rings (SSSR count). The maximum absolute atomic E-state index is 12.3. The minimum Gasteiger partial charge on any atom is -0.507 e. The normalized spacial score (nSPS) is 11.1. The smallest absolute Gasteiger partial charge is 0.275 e. The number of aryl methyl sites for hydroxylation is 2. The van der Waals surface area contributed by atoms with Gasteiger partial charge in [0.25, 0.3) is 5.91 Å². The van der Waals surface area contributed by atoms with E-state index in [-0.39, 0.29) is 11.3 Å². The average Bonchev–Trinajstić information content (AvgIpc) is 2.56. The van der Waals surface area contributed by atoms with Gasteiger partial charge in [-0.1, -0.05) is 48.0 Å². The summed E-state index contributed by atoms with van der Waals surface area (Å²) in [5, 5.41) is 15.8. The SMILES string of the molecule is Cc1ccc(/C=N/NC(=O)c2cc3ccccc3cc2O)c(C)c1. The van der Waals surface area contributed by atoms with Gasteiger partial charge in [0.2, 0.25) is 0 Å². The molecule has 3 aromatic rings. The van der Waals surface area contributed by atoms with E-state index < -0.39 is 5.91 Å². The van der Waals surface area contributed by atoms with Crippen molar-refractivity contribution >= 4 is 22.9 Å². The Hall–Kier alpha value is -3.14. The fraction of sp³-hybridized carbons (Fsp3) is 0.100. The van der Waals surface area contributed by atoms with Crippen molar-refractivity contribution < 1.29 is 9.90 Å². The number of hydrazone groups is 1. The van der Waals surface area contributed by atoms with E-state index in [1.54, 1.807) is 18.3 Å². The summed E-state index contributed by atoms with van der Waals surface area (Å²) >= 11 is 0. The summed E-state index contributed by atoms with van der Waals surface area (Å²) in [5.74, 6) is -0.507. The third-order valence-electron chi connectivity index (χ3n) is 3.90. The minimum absolute atomic E-state index is 0.0621. The lowest BCUT2D eigenvalue weighted by molar-refractivity contribution is 0.0952. The maximum atomic E-state index is 12.3. The third kappa shape index (κ3) is 3.27. The number of fused-ring (bicyclic) bond motifs is 1. The number of rotatable bonds is 3. The first-order chi connectivity index (χ1) is 11.5. The third-order valence-corrected chi connectivity index (χ3v) is 3.90. The number of nitrogens with zero attached hydrogens (tertiary/aromatic N) is 1. The van der Waals surface area contributed by atoms with Crippen LogP contribution in [0.15, 0.2) is 59.7 Å². The van der Waals surface area contributed by atoms with Crippen molar-refractivity contribution in [3.8, 4) is 5.75 Å². The van der Waals surface area contributed by atoms with Crippen LogP contribution in [-0.2, 0) is 0 Å². The first-order valence-corrected chi connectivity index (χ1v) is 7.67. The molecule has 1 amide bonds. The van der Waals surface area contributed by atoms with E-state index in [9.17, 15) is 9.90 Å². The van der Waals surface area contributed by atoms with Crippen molar-refractivity contribution in [2.24, 2.45) is 5.10 Å². The van der Waals surface area contributed by atoms with Crippen LogP contribution in [0.3, 0.4) is 0 Å². The maximum Gasteiger partial charge on any atom is 0.275 e. The Morgan fingerprint density at radius 3 is 2.46 bits per heavy atom. The van der Waals surface area contributed by atoms with Crippen molar-refractivity contribution in [2.45, 2.75) is 13.8 Å². The van der Waals surface area contributed by atoms with E-state index in [1.807, 2.05) is 50.2 Å². The summed E-state index contributed by atoms with van der Waals surface area (Å²) in [6.07, 6.45) is 1.60. The highest BCUT2D eigenvalue weighted by Gasteiger charge is 2.11. The number of benzene rings is 3. The molecule has 120 valence electrons. The average molecular weight is 318 g/mol. The number of carbonyl (C=O) groups excluding carboxylic acids is 1. The molecule has 0 aliphatic heterocycles. The molecule has 0 fully saturated rings. The van der Waals surface area contributed by atoms with Crippen LogP contribution in [0.25, 0.3) is 10.8 Å². The largest absolute Gasteiger partial charge is 0.507 e. The van der Waals surface area contributed by atoms with Crippen molar-refractivity contribution in [1.29, 1.82) is 0 Å². The molecule has 0 radical (unpaired) electrons. The van der Waals surface area contributed by atoms with Crippen LogP contribution >= 0.6 is 0 Å². The highest BCUT2D eigenvalue weighted by molar-refractivity contribution is 6.01. The van der Waals surface area contributed by atoms with Gasteiger partial charge in [-0.15, -0.1) is 0 Å². The number of carbonyl (C=O) groups is 1. The topological polar surface area (TPSA) is 61.7 Å². The molecule has 0 saturated carbocycles. The van der Waals surface area contributed by atoms with Gasteiger partial charge < -0.3 is 5.11 Å². The van der Waals surface area contributed by atoms with Crippen molar-refractivity contribution in [3.63, 3.8) is 0 Å². The molecule has 0 aromatic heterocycles. The quantitative estimate of drug-likeness (QED) is 0.568. The van der Waals surface area contributed by atoms with E-state index in [2.05, 4.69) is 16.6 Å². The summed E-state index contributed by atoms with van der Waals surface area (Å²) < 4.78 is 0. The minimum atomic E-state index is -0.445. The monoisotopic (exact) mass is 318 g/mol. The molecule has 24 heavy (non-hydrogen) atoms. The number of phenolic OH excluding ortho intramolecular Hbond substituents is 1. The van der Waals surface area contributed by atoms with Crippen molar-refractivity contribution in [1.82, 2.24) is 5.43 Å². The molecule has 0 spiro atoms. The van der Waals surface area contributed by atoms with Gasteiger partial charge in [-0.3, -0.25) is 4.79 Å². The van der Waals surface area contributed by atoms with Crippen LogP contribution in [-0.4, -0.2) is 17.2 Å². The van der Waals surface area contributed by atoms with Gasteiger partial charge in [0.15, 0.2) is 0 Å². The lowest BCUT2D eigenvalue weighted by Crippen LogP contribution is -2.17. The van der Waals surface area contributed by atoms with Gasteiger partial charge in [-0.25, -0.2) is 5.43 Å². The number of amides is 1. The molecule has 0 aliphatic carbocycles. The highest BCUT2D eigenvalue weighted by atomic mass is 16.3. The van der Waals surface area contributed by atoms with E-state index in [0.29, 0.717) is 0 Å². The fourth-order valence-electron chi connectivity index (χ4n) is 2.60. The molecule has 0 bridgehead atoms. The Balaban J connectivity index is 1.80. The van der Waals surface area contributed by atoms with Crippen molar-refractivity contribution in [3.05, 3.63) is 76.9 Å². The van der Waals surface area contributed by atoms with E-state index in [4.69, 9.17) is 0 Å². The van der Waals surface area contributed by atoms with Crippen LogP contribution in [0.5, 0.6) is 5.75 Å². The standard InChI is InChI=1S/C20H18N2O2/c1-13-7-8-17(14(2)9-13)12-21-22-20(24)18-10-15-5-3-4-6-16(15)11-19(18)23/h3-12,23H,1-2H3,(H,22,24)/b21-12+. The van der Waals surface area contributed by atoms with Crippen LogP contribution in [0, 0.1) is 13.8 Å². The zero-order valence-corrected chi connectivity index (χ0v) is 13.6. The van der Waals surface area contributed by atoms with Crippen LogP contribution in [0.4, 0.5) is 0 Å². The Morgan fingerprint density at radius 2 is 1.75 bits per heavy atom. The number of phenols is 1. The predicted octanol–water partition coefficient (Wildman–Crippen LogP) is 3.93. The molecular weight excluding hydrogens is 300 g/mol. The Labute approximate surface area is 140 Å². The van der Waals surface area contributed by atoms with Crippen LogP contribution in [0.2, 0.25) is 0 Å². The number of nitrogens with one attached hydrogen (secondary N) is 1. The lowest BCUT2D eigenvalue weighted by Gasteiger charge is -2.06. The molecular formula is C20H18N2O2. The van der Waals surface area contributed by atoms with Gasteiger partial charge in [0.05, 0.1) is 11.8 Å². The fourth-order valence-corrected chi connectivity index (χ4v) is 2.60. The second-order valence-corrected chi connectivity index (χ2v) is 5.78. The Kier molecular flexibility index (Phi) is 4.29. The van der Waals surface area contributed by atoms with Gasteiger partial charge in [0, 0.05) is 0 Å². The summed E-state index contributed by atoms with van der Waals surface area (Å²) in [4.78, 5) is 12.3. The molecule has 0 atom stereocenters. The number of aromatic hydroxyl groups is 1. The summed E-state index contributed by atoms with van der Waals surface area (Å²) in [6, 6.07) is 16.8. The molecule has 0 aliphatic rings. The van der Waals surface area contributed by atoms with Gasteiger partial charge >= 0.3 is 0 Å². The molecule has 3 aromatic carbocycles. The van der Waals surface area contributed by atoms with Gasteiger partial charge in [0.1, 0.15) is 5.75 Å². The zero-order chi connectivity index (χ0) is 17.1. The van der Waals surface area contributed by atoms with Crippen LogP contribution < -0.4 is 5.43 Å². The van der Waals surface area contributed by atoms with Crippen molar-refractivity contribution in [2.75, 3.05) is 0 Å². The first kappa shape index (κ1) is 15.7. The summed E-state index contributed by atoms with van der Waals surface area (Å²) in [7, 11) is 0. The second kappa shape index (κ2) is 6.54. The van der Waals surface area contributed by atoms with Gasteiger partial charge in [-0.2, -0.15) is 5.10 Å². The predicted molar refractivity (Wildman–Crippen MR) is 96.6 cm³/mol. The Bertz CT molecular complexity index is 946. The summed E-state index contributed by atoms with van der Waals surface area (Å²) in [5.41, 5.74) is 5.86. The molecule has 2 N–H and O–H groups in total. The van der Waals surface area contributed by atoms with E-state index in [1.165, 1.54) is 5.56 Å². The molecule has 0 saturated heterocycles. The van der Waals surface area contributed by atoms with E-state index in [0.717, 1.165) is 21.9 Å². The molecule has 0 heterocycles. The highest BCUT2D eigenvalue weighted by Crippen LogP contribution is 2.24. The Morgan fingerprint density at radius 1 is 1.04 bits per heavy atom. The second-order valence-electron chi connectivity index (χ2n) is 5.78. The molecule has 0 unspecified atom stereocenters. The van der Waals surface area contributed by atoms with Gasteiger partial charge in [-0.05, 0) is 47.9 Å². The molecule has 4 heteroatoms. The lowest BCUT2D eigenvalue weighted by atomic mass is 10.1. The van der Waals surface area contributed by atoms with E-state index >= 15 is 0 Å². The molecule has 4 nitrogen and oxygen atoms in total. The van der Waals surface area contributed by atoms with Crippen LogP contribution in [0.1, 0.15) is 27.0 Å². The first-order valence-electron chi connectivity index (χ1n) is 7.67. The summed E-state index contributed by atoms with van der Waals surface area (Å²) in [6.45, 7) is 4.02.